The molecule has 1 aliphatic rings. The molecule has 1 N–H and O–H groups in total. The van der Waals surface area contributed by atoms with Crippen LogP contribution in [0.3, 0.4) is 0 Å². The summed E-state index contributed by atoms with van der Waals surface area (Å²) in [6, 6.07) is 7.51. The third-order valence-electron chi connectivity index (χ3n) is 4.27. The van der Waals surface area contributed by atoms with Crippen LogP contribution in [0.5, 0.6) is 0 Å². The topological polar surface area (TPSA) is 67.2 Å². The predicted molar refractivity (Wildman–Crippen MR) is 84.7 cm³/mol. The van der Waals surface area contributed by atoms with Gasteiger partial charge in [-0.15, -0.1) is 0 Å². The molecule has 1 saturated heterocycles. The summed E-state index contributed by atoms with van der Waals surface area (Å²) in [6.07, 6.45) is 2.82. The fraction of sp³-hybridized carbons (Fsp3) is 0.438. The second kappa shape index (κ2) is 6.27. The number of hydrogen-bond acceptors (Lipinski definition) is 4. The smallest absolute Gasteiger partial charge is 0.261 e. The average molecular weight is 300 g/mol. The zero-order valence-electron chi connectivity index (χ0n) is 12.7. The van der Waals surface area contributed by atoms with E-state index in [1.54, 1.807) is 11.0 Å². The van der Waals surface area contributed by atoms with E-state index in [0.29, 0.717) is 23.9 Å². The van der Waals surface area contributed by atoms with Gasteiger partial charge in [0.2, 0.25) is 5.91 Å². The molecule has 0 spiro atoms. The largest absolute Gasteiger partial charge is 0.341 e. The Labute approximate surface area is 128 Å². The maximum absolute atomic E-state index is 12.4. The summed E-state index contributed by atoms with van der Waals surface area (Å²) < 4.78 is 1.51. The lowest BCUT2D eigenvalue weighted by molar-refractivity contribution is -0.131. The van der Waals surface area contributed by atoms with Crippen molar-refractivity contribution in [3.63, 3.8) is 0 Å². The molecule has 2 aromatic rings. The van der Waals surface area contributed by atoms with Gasteiger partial charge in [-0.05, 0) is 25.1 Å². The summed E-state index contributed by atoms with van der Waals surface area (Å²) in [4.78, 5) is 30.7. The lowest BCUT2D eigenvalue weighted by Gasteiger charge is -2.23. The molecule has 116 valence electrons. The number of amides is 1. The molecule has 0 bridgehead atoms. The van der Waals surface area contributed by atoms with Crippen LogP contribution in [0.2, 0.25) is 0 Å². The fourth-order valence-electron chi connectivity index (χ4n) is 2.83. The monoisotopic (exact) mass is 300 g/mol. The molecule has 22 heavy (non-hydrogen) atoms. The number of nitrogens with zero attached hydrogens (tertiary/aromatic N) is 3. The number of para-hydroxylation sites is 1. The third kappa shape index (κ3) is 2.87. The number of nitrogens with one attached hydrogen (secondary N) is 1. The summed E-state index contributed by atoms with van der Waals surface area (Å²) in [7, 11) is 1.83. The molecule has 6 heteroatoms. The van der Waals surface area contributed by atoms with Gasteiger partial charge in [-0.3, -0.25) is 14.2 Å². The molecule has 1 atom stereocenters. The molecule has 1 amide bonds. The molecule has 6 nitrogen and oxygen atoms in total. The fourth-order valence-corrected chi connectivity index (χ4v) is 2.83. The number of benzene rings is 1. The number of hydrogen-bond donors (Lipinski definition) is 1. The number of aromatic nitrogens is 2. The Bertz CT molecular complexity index is 734. The van der Waals surface area contributed by atoms with Gasteiger partial charge < -0.3 is 10.2 Å². The van der Waals surface area contributed by atoms with E-state index in [9.17, 15) is 9.59 Å². The molecule has 1 aromatic heterocycles. The second-order valence-corrected chi connectivity index (χ2v) is 5.66. The van der Waals surface area contributed by atoms with E-state index >= 15 is 0 Å². The zero-order chi connectivity index (χ0) is 15.5. The highest BCUT2D eigenvalue weighted by atomic mass is 16.2. The number of likely N-dealkylation sites (N-methyl/N-ethyl adjacent to an activating group) is 1. The van der Waals surface area contributed by atoms with Crippen LogP contribution < -0.4 is 10.9 Å². The van der Waals surface area contributed by atoms with Gasteiger partial charge in [0.25, 0.3) is 5.56 Å². The second-order valence-electron chi connectivity index (χ2n) is 5.66. The lowest BCUT2D eigenvalue weighted by atomic mass is 10.2. The first-order valence-corrected chi connectivity index (χ1v) is 7.57. The Morgan fingerprint density at radius 1 is 1.45 bits per heavy atom. The van der Waals surface area contributed by atoms with E-state index in [4.69, 9.17) is 0 Å². The predicted octanol–water partition coefficient (Wildman–Crippen LogP) is 0.607. The minimum absolute atomic E-state index is 0.0637. The van der Waals surface area contributed by atoms with Crippen molar-refractivity contribution in [3.8, 4) is 0 Å². The van der Waals surface area contributed by atoms with Gasteiger partial charge in [0, 0.05) is 32.6 Å². The number of aryl methyl sites for hydroxylation is 1. The molecular weight excluding hydrogens is 280 g/mol. The van der Waals surface area contributed by atoms with Crippen molar-refractivity contribution in [2.75, 3.05) is 20.1 Å². The zero-order valence-corrected chi connectivity index (χ0v) is 12.7. The van der Waals surface area contributed by atoms with Crippen LogP contribution in [0.15, 0.2) is 35.4 Å². The average Bonchev–Trinajstić information content (AvgIpc) is 3.08. The Balaban J connectivity index is 1.70. The molecule has 0 aliphatic carbocycles. The summed E-state index contributed by atoms with van der Waals surface area (Å²) in [6.45, 7) is 2.16. The summed E-state index contributed by atoms with van der Waals surface area (Å²) >= 11 is 0. The first-order valence-electron chi connectivity index (χ1n) is 7.57. The molecular formula is C16H20N4O2. The molecule has 1 aromatic carbocycles. The van der Waals surface area contributed by atoms with E-state index in [2.05, 4.69) is 10.3 Å². The van der Waals surface area contributed by atoms with E-state index in [1.165, 1.54) is 10.9 Å². The molecule has 0 unspecified atom stereocenters. The van der Waals surface area contributed by atoms with E-state index in [1.807, 2.05) is 25.2 Å². The summed E-state index contributed by atoms with van der Waals surface area (Å²) in [5.41, 5.74) is 0.591. The molecule has 1 fully saturated rings. The maximum atomic E-state index is 12.4. The first-order chi connectivity index (χ1) is 10.7. The highest BCUT2D eigenvalue weighted by molar-refractivity contribution is 5.77. The van der Waals surface area contributed by atoms with Gasteiger partial charge in [0.05, 0.1) is 17.2 Å². The number of rotatable bonds is 4. The van der Waals surface area contributed by atoms with Crippen molar-refractivity contribution in [2.24, 2.45) is 0 Å². The van der Waals surface area contributed by atoms with Gasteiger partial charge >= 0.3 is 0 Å². The molecule has 1 aliphatic heterocycles. The SMILES string of the molecule is CN(C(=O)CCn1cnc2ccccc2c1=O)[C@@H]1CCNC1. The summed E-state index contributed by atoms with van der Waals surface area (Å²) in [5, 5.41) is 3.84. The van der Waals surface area contributed by atoms with Gasteiger partial charge in [-0.25, -0.2) is 4.98 Å². The quantitative estimate of drug-likeness (QED) is 0.898. The van der Waals surface area contributed by atoms with Crippen molar-refractivity contribution < 1.29 is 4.79 Å². The molecule has 3 rings (SSSR count). The van der Waals surface area contributed by atoms with Gasteiger partial charge in [0.15, 0.2) is 0 Å². The lowest BCUT2D eigenvalue weighted by Crippen LogP contribution is -2.39. The van der Waals surface area contributed by atoms with E-state index in [-0.39, 0.29) is 17.5 Å². The van der Waals surface area contributed by atoms with Crippen molar-refractivity contribution in [1.29, 1.82) is 0 Å². The highest BCUT2D eigenvalue weighted by Crippen LogP contribution is 2.09. The van der Waals surface area contributed by atoms with Crippen molar-refractivity contribution >= 4 is 16.8 Å². The molecule has 2 heterocycles. The Morgan fingerprint density at radius 2 is 2.27 bits per heavy atom. The van der Waals surface area contributed by atoms with Crippen LogP contribution in [0.25, 0.3) is 10.9 Å². The summed E-state index contributed by atoms with van der Waals surface area (Å²) in [5.74, 6) is 0.0637. The van der Waals surface area contributed by atoms with Crippen LogP contribution in [-0.4, -0.2) is 46.5 Å². The standard InChI is InChI=1S/C16H20N4O2/c1-19(12-6-8-17-10-12)15(21)7-9-20-11-18-14-5-3-2-4-13(14)16(20)22/h2-5,11-12,17H,6-10H2,1H3/t12-/m1/s1. The van der Waals surface area contributed by atoms with Crippen molar-refractivity contribution in [3.05, 3.63) is 40.9 Å². The minimum Gasteiger partial charge on any atom is -0.341 e. The minimum atomic E-state index is -0.0939. The van der Waals surface area contributed by atoms with Crippen LogP contribution >= 0.6 is 0 Å². The highest BCUT2D eigenvalue weighted by Gasteiger charge is 2.22. The Kier molecular flexibility index (Phi) is 4.20. The van der Waals surface area contributed by atoms with Gasteiger partial charge in [-0.1, -0.05) is 12.1 Å². The molecule has 0 saturated carbocycles. The van der Waals surface area contributed by atoms with Gasteiger partial charge in [-0.2, -0.15) is 0 Å². The Hall–Kier alpha value is -2.21. The third-order valence-corrected chi connectivity index (χ3v) is 4.27. The number of carbonyl (C=O) groups excluding carboxylic acids is 1. The van der Waals surface area contributed by atoms with Crippen LogP contribution in [0.4, 0.5) is 0 Å². The van der Waals surface area contributed by atoms with E-state index < -0.39 is 0 Å². The first kappa shape index (κ1) is 14.7. The van der Waals surface area contributed by atoms with Crippen molar-refractivity contribution in [1.82, 2.24) is 19.8 Å². The van der Waals surface area contributed by atoms with Crippen LogP contribution in [0.1, 0.15) is 12.8 Å². The normalized spacial score (nSPS) is 17.8. The van der Waals surface area contributed by atoms with E-state index in [0.717, 1.165) is 19.5 Å². The van der Waals surface area contributed by atoms with Crippen molar-refractivity contribution in [2.45, 2.75) is 25.4 Å². The Morgan fingerprint density at radius 3 is 3.05 bits per heavy atom. The molecule has 0 radical (unpaired) electrons. The maximum Gasteiger partial charge on any atom is 0.261 e. The van der Waals surface area contributed by atoms with Crippen LogP contribution in [0, 0.1) is 0 Å². The van der Waals surface area contributed by atoms with Crippen LogP contribution in [-0.2, 0) is 11.3 Å². The van der Waals surface area contributed by atoms with Gasteiger partial charge in [0.1, 0.15) is 0 Å². The number of fused-ring (bicyclic) bond motifs is 1. The number of carbonyl (C=O) groups is 1.